The van der Waals surface area contributed by atoms with Crippen LogP contribution in [-0.2, 0) is 28.7 Å². The topological polar surface area (TPSA) is 209 Å². The van der Waals surface area contributed by atoms with Gasteiger partial charge in [0.15, 0.2) is 0 Å². The predicted octanol–water partition coefficient (Wildman–Crippen LogP) is 0.438. The maximum atomic E-state index is 14.8. The molecule has 6 heterocycles. The van der Waals surface area contributed by atoms with E-state index in [1.165, 1.54) is 20.4 Å². The number of piperidine rings is 2. The van der Waals surface area contributed by atoms with Crippen molar-refractivity contribution in [1.29, 1.82) is 0 Å². The molecule has 0 radical (unpaired) electrons. The molecular formula is C44H53F2N11O8. The Hall–Kier alpha value is -6.09. The smallest absolute Gasteiger partial charge is 0.337 e. The zero-order valence-electron chi connectivity index (χ0n) is 36.3. The average Bonchev–Trinajstić information content (AvgIpc) is 4.13. The first-order valence-electron chi connectivity index (χ1n) is 22.4. The number of rotatable bonds is 10. The zero-order chi connectivity index (χ0) is 45.7. The van der Waals surface area contributed by atoms with Crippen LogP contribution in [0.1, 0.15) is 72.1 Å². The maximum absolute atomic E-state index is 14.8. The monoisotopic (exact) mass is 901 g/mol. The number of amides is 7. The fourth-order valence-corrected chi connectivity index (χ4v) is 9.88. The molecule has 9 rings (SSSR count). The van der Waals surface area contributed by atoms with Gasteiger partial charge in [0.1, 0.15) is 24.0 Å². The molecule has 5 fully saturated rings. The Morgan fingerprint density at radius 1 is 0.969 bits per heavy atom. The Labute approximate surface area is 373 Å². The van der Waals surface area contributed by atoms with Crippen molar-refractivity contribution in [2.24, 2.45) is 15.9 Å². The molecule has 6 aliphatic heterocycles. The first-order valence-corrected chi connectivity index (χ1v) is 22.4. The second kappa shape index (κ2) is 17.7. The number of piperazine rings is 1. The number of likely N-dealkylation sites (tertiary alicyclic amines) is 1. The SMILES string of the molecule is COC1=CC(C(=O)NC2CCN(C(=O)CCN3CCN(c4cccc5c4C(=O)N(C4CCC(=O)NC4=O)C5=O)CC3)CC2)CC=C1NC1=NC2C(C=N1)N(C)C(=O)C(F)(F)CN2C1CC1. The molecule has 8 aliphatic rings. The fraction of sp³-hybridized carbons (Fsp3) is 0.568. The standard InChI is InChI=1S/C44H53F2N11O8/c1-52-32-23-47-43(51-37(32)56(27-7-8-27)24-44(45,46)42(52)64)49-29-9-6-25(22-33(29)65-2)38(60)48-26-12-16-55(17-13-26)35(59)14-15-53-18-20-54(21-19-53)30-5-3-4-28-36(30)41(63)57(40(28)62)31-10-11-34(58)50-39(31)61/h3-5,9,22-23,25-27,31-32,37H,6-8,10-21,24H2,1-2H3,(H,48,60)(H,49,51)(H,50,58,61). The maximum Gasteiger partial charge on any atom is 0.337 e. The van der Waals surface area contributed by atoms with E-state index in [-0.39, 0.29) is 53.8 Å². The molecule has 0 spiro atoms. The molecule has 3 N–H and O–H groups in total. The summed E-state index contributed by atoms with van der Waals surface area (Å²) in [6.45, 7) is 3.32. The minimum atomic E-state index is -3.54. The van der Waals surface area contributed by atoms with E-state index in [0.717, 1.165) is 22.6 Å². The number of likely N-dealkylation sites (N-methyl/N-ethyl adjacent to an activating group) is 1. The van der Waals surface area contributed by atoms with Crippen molar-refractivity contribution in [1.82, 2.24) is 40.4 Å². The molecule has 4 unspecified atom stereocenters. The third-order valence-electron chi connectivity index (χ3n) is 13.7. The van der Waals surface area contributed by atoms with Crippen LogP contribution in [0, 0.1) is 5.92 Å². The third-order valence-corrected chi connectivity index (χ3v) is 13.7. The predicted molar refractivity (Wildman–Crippen MR) is 229 cm³/mol. The van der Waals surface area contributed by atoms with Crippen molar-refractivity contribution in [3.63, 3.8) is 0 Å². The number of carbonyl (C=O) groups is 7. The summed E-state index contributed by atoms with van der Waals surface area (Å²) in [5.74, 6) is -6.97. The molecule has 19 nitrogen and oxygen atoms in total. The van der Waals surface area contributed by atoms with E-state index in [1.807, 2.05) is 11.0 Å². The highest BCUT2D eigenvalue weighted by Crippen LogP contribution is 2.38. The molecule has 346 valence electrons. The van der Waals surface area contributed by atoms with Crippen molar-refractivity contribution in [2.75, 3.05) is 71.4 Å². The van der Waals surface area contributed by atoms with Gasteiger partial charge in [0.2, 0.25) is 29.6 Å². The van der Waals surface area contributed by atoms with Crippen molar-refractivity contribution >= 4 is 59.2 Å². The molecule has 4 saturated heterocycles. The minimum Gasteiger partial charge on any atom is -0.495 e. The number of aliphatic imine (C=N–C) groups is 2. The summed E-state index contributed by atoms with van der Waals surface area (Å²) < 4.78 is 35.3. The lowest BCUT2D eigenvalue weighted by molar-refractivity contribution is -0.155. The van der Waals surface area contributed by atoms with Crippen LogP contribution in [0.15, 0.2) is 51.8 Å². The van der Waals surface area contributed by atoms with Gasteiger partial charge in [-0.25, -0.2) is 9.98 Å². The molecule has 0 bridgehead atoms. The number of ether oxygens (including phenoxy) is 1. The first-order chi connectivity index (χ1) is 31.2. The first kappa shape index (κ1) is 44.1. The number of allylic oxidation sites excluding steroid dienone is 1. The van der Waals surface area contributed by atoms with Gasteiger partial charge in [-0.05, 0) is 56.7 Å². The summed E-state index contributed by atoms with van der Waals surface area (Å²) >= 11 is 0. The van der Waals surface area contributed by atoms with E-state index >= 15 is 0 Å². The number of hydrogen-bond acceptors (Lipinski definition) is 14. The van der Waals surface area contributed by atoms with Crippen LogP contribution in [0.2, 0.25) is 0 Å². The number of imide groups is 2. The second-order valence-corrected chi connectivity index (χ2v) is 17.9. The number of guanidine groups is 1. The van der Waals surface area contributed by atoms with Gasteiger partial charge in [-0.2, -0.15) is 8.78 Å². The molecule has 1 saturated carbocycles. The van der Waals surface area contributed by atoms with Crippen molar-refractivity contribution in [2.45, 2.75) is 87.6 Å². The summed E-state index contributed by atoms with van der Waals surface area (Å²) in [6.07, 6.45) is 7.86. The number of nitrogens with zero attached hydrogens (tertiary/aromatic N) is 8. The number of methoxy groups -OCH3 is 1. The molecule has 21 heteroatoms. The highest BCUT2D eigenvalue weighted by atomic mass is 19.3. The van der Waals surface area contributed by atoms with Gasteiger partial charge in [0.25, 0.3) is 17.7 Å². The molecule has 2 aliphatic carbocycles. The quantitative estimate of drug-likeness (QED) is 0.274. The van der Waals surface area contributed by atoms with Crippen LogP contribution in [0.25, 0.3) is 0 Å². The molecule has 0 aromatic heterocycles. The summed E-state index contributed by atoms with van der Waals surface area (Å²) in [5, 5.41) is 8.52. The molecule has 4 atom stereocenters. The van der Waals surface area contributed by atoms with Gasteiger partial charge in [0.05, 0.1) is 42.1 Å². The highest BCUT2D eigenvalue weighted by molar-refractivity contribution is 6.25. The number of hydrogen-bond donors (Lipinski definition) is 3. The summed E-state index contributed by atoms with van der Waals surface area (Å²) in [7, 11) is 2.84. The Kier molecular flexibility index (Phi) is 12.0. The summed E-state index contributed by atoms with van der Waals surface area (Å²) in [5.41, 5.74) is 1.67. The Balaban J connectivity index is 0.717. The van der Waals surface area contributed by atoms with E-state index < -0.39 is 66.2 Å². The van der Waals surface area contributed by atoms with E-state index in [4.69, 9.17) is 4.74 Å². The summed E-state index contributed by atoms with van der Waals surface area (Å²) in [6, 6.07) is 3.15. The molecule has 1 aromatic carbocycles. The number of benzene rings is 1. The number of fused-ring (bicyclic) bond motifs is 2. The van der Waals surface area contributed by atoms with Gasteiger partial charge in [-0.3, -0.25) is 53.6 Å². The average molecular weight is 902 g/mol. The number of alkyl halides is 2. The fourth-order valence-electron chi connectivity index (χ4n) is 9.88. The molecular weight excluding hydrogens is 849 g/mol. The van der Waals surface area contributed by atoms with E-state index in [1.54, 1.807) is 29.2 Å². The largest absolute Gasteiger partial charge is 0.495 e. The lowest BCUT2D eigenvalue weighted by atomic mass is 9.95. The van der Waals surface area contributed by atoms with Crippen LogP contribution in [0.4, 0.5) is 14.5 Å². The van der Waals surface area contributed by atoms with E-state index in [2.05, 4.69) is 35.7 Å². The Morgan fingerprint density at radius 3 is 2.43 bits per heavy atom. The van der Waals surface area contributed by atoms with Gasteiger partial charge in [-0.1, -0.05) is 12.1 Å². The van der Waals surface area contributed by atoms with E-state index in [9.17, 15) is 42.3 Å². The number of carbonyl (C=O) groups excluding carboxylic acids is 7. The molecule has 1 aromatic rings. The van der Waals surface area contributed by atoms with Gasteiger partial charge >= 0.3 is 5.92 Å². The molecule has 65 heavy (non-hydrogen) atoms. The Morgan fingerprint density at radius 2 is 1.72 bits per heavy atom. The van der Waals surface area contributed by atoms with Crippen LogP contribution in [-0.4, -0.2) is 181 Å². The highest BCUT2D eigenvalue weighted by Gasteiger charge is 2.54. The number of nitrogens with one attached hydrogen (secondary N) is 3. The van der Waals surface area contributed by atoms with Crippen LogP contribution < -0.4 is 20.9 Å². The Bertz CT molecular complexity index is 2300. The van der Waals surface area contributed by atoms with Crippen LogP contribution in [0.3, 0.4) is 0 Å². The van der Waals surface area contributed by atoms with Crippen LogP contribution in [0.5, 0.6) is 0 Å². The number of anilines is 1. The van der Waals surface area contributed by atoms with E-state index in [0.29, 0.717) is 88.6 Å². The lowest BCUT2D eigenvalue weighted by Crippen LogP contribution is -2.54. The zero-order valence-corrected chi connectivity index (χ0v) is 36.3. The van der Waals surface area contributed by atoms with Crippen molar-refractivity contribution in [3.05, 3.63) is 52.9 Å². The van der Waals surface area contributed by atoms with Crippen molar-refractivity contribution < 1.29 is 47.1 Å². The van der Waals surface area contributed by atoms with Gasteiger partial charge in [-0.15, -0.1) is 0 Å². The summed E-state index contributed by atoms with van der Waals surface area (Å²) in [4.78, 5) is 109. The second-order valence-electron chi connectivity index (χ2n) is 17.9. The van der Waals surface area contributed by atoms with Crippen LogP contribution >= 0.6 is 0 Å². The minimum absolute atomic E-state index is 0.0426. The molecule has 7 amide bonds. The third kappa shape index (κ3) is 8.74. The number of halogens is 2. The van der Waals surface area contributed by atoms with Gasteiger partial charge < -0.3 is 30.1 Å². The van der Waals surface area contributed by atoms with Gasteiger partial charge in [0, 0.05) is 84.0 Å². The van der Waals surface area contributed by atoms with Crippen molar-refractivity contribution in [3.8, 4) is 0 Å². The lowest BCUT2D eigenvalue weighted by Gasteiger charge is -2.37. The normalized spacial score (nSPS) is 27.6.